The van der Waals surface area contributed by atoms with E-state index in [-0.39, 0.29) is 18.7 Å². The van der Waals surface area contributed by atoms with Gasteiger partial charge in [0.15, 0.2) is 0 Å². The van der Waals surface area contributed by atoms with Crippen LogP contribution >= 0.6 is 0 Å². The Labute approximate surface area is 95.2 Å². The summed E-state index contributed by atoms with van der Waals surface area (Å²) in [5.74, 6) is -0.798. The third-order valence-electron chi connectivity index (χ3n) is 2.54. The molecule has 1 heterocycles. The first kappa shape index (κ1) is 13.4. The highest BCUT2D eigenvalue weighted by Gasteiger charge is 2.28. The Morgan fingerprint density at radius 1 is 1.56 bits per heavy atom. The molecule has 6 nitrogen and oxygen atoms in total. The first-order valence-electron chi connectivity index (χ1n) is 5.18. The first-order chi connectivity index (χ1) is 7.45. The number of carbonyl (C=O) groups excluding carboxylic acids is 1. The second-order valence-corrected chi connectivity index (χ2v) is 5.88. The Kier molecular flexibility index (Phi) is 4.69. The number of aliphatic hydroxyl groups excluding tert-OH is 1. The average Bonchev–Trinajstić information content (AvgIpc) is 2.26. The summed E-state index contributed by atoms with van der Waals surface area (Å²) in [6.45, 7) is 0.546. The Balaban J connectivity index is 2.52. The Morgan fingerprint density at radius 2 is 2.25 bits per heavy atom. The van der Waals surface area contributed by atoms with Gasteiger partial charge < -0.3 is 9.84 Å². The largest absolute Gasteiger partial charge is 0.469 e. The molecule has 7 heteroatoms. The van der Waals surface area contributed by atoms with Crippen LogP contribution in [0.5, 0.6) is 0 Å². The number of nitrogens with zero attached hydrogens (tertiary/aromatic N) is 1. The molecule has 1 aliphatic rings. The van der Waals surface area contributed by atoms with Crippen LogP contribution in [0.1, 0.15) is 19.3 Å². The molecule has 16 heavy (non-hydrogen) atoms. The molecule has 0 aromatic rings. The highest BCUT2D eigenvalue weighted by atomic mass is 32.2. The number of hydrogen-bond acceptors (Lipinski definition) is 5. The van der Waals surface area contributed by atoms with Crippen LogP contribution in [0.15, 0.2) is 0 Å². The van der Waals surface area contributed by atoms with Gasteiger partial charge in [0.2, 0.25) is 10.0 Å². The van der Waals surface area contributed by atoms with Gasteiger partial charge in [-0.15, -0.1) is 0 Å². The minimum absolute atomic E-state index is 0.128. The number of sulfonamides is 1. The third-order valence-corrected chi connectivity index (χ3v) is 4.38. The van der Waals surface area contributed by atoms with Gasteiger partial charge in [-0.05, 0) is 12.8 Å². The first-order valence-corrected chi connectivity index (χ1v) is 6.79. The van der Waals surface area contributed by atoms with Crippen molar-refractivity contribution in [2.24, 2.45) is 0 Å². The van der Waals surface area contributed by atoms with Crippen molar-refractivity contribution in [2.75, 3.05) is 26.0 Å². The monoisotopic (exact) mass is 251 g/mol. The van der Waals surface area contributed by atoms with Crippen molar-refractivity contribution in [1.82, 2.24) is 4.31 Å². The molecule has 1 saturated heterocycles. The summed E-state index contributed by atoms with van der Waals surface area (Å²) < 4.78 is 29.1. The molecular formula is C9H17NO5S. The normalized spacial score (nSPS) is 23.0. The molecular weight excluding hydrogens is 234 g/mol. The van der Waals surface area contributed by atoms with Crippen LogP contribution in [0.4, 0.5) is 0 Å². The molecule has 0 aliphatic carbocycles. The van der Waals surface area contributed by atoms with Gasteiger partial charge in [-0.25, -0.2) is 8.42 Å². The Morgan fingerprint density at radius 3 is 2.81 bits per heavy atom. The van der Waals surface area contributed by atoms with Gasteiger partial charge in [0.1, 0.15) is 0 Å². The summed E-state index contributed by atoms with van der Waals surface area (Å²) in [5.41, 5.74) is 0. The molecule has 1 atom stereocenters. The van der Waals surface area contributed by atoms with Crippen molar-refractivity contribution < 1.29 is 23.1 Å². The second-order valence-electron chi connectivity index (χ2n) is 3.80. The minimum Gasteiger partial charge on any atom is -0.469 e. The van der Waals surface area contributed by atoms with Crippen molar-refractivity contribution in [3.8, 4) is 0 Å². The van der Waals surface area contributed by atoms with Crippen molar-refractivity contribution in [3.05, 3.63) is 0 Å². The fourth-order valence-electron chi connectivity index (χ4n) is 1.62. The SMILES string of the molecule is COC(=O)CCS(=O)(=O)N1CCCC(O)C1. The molecule has 1 fully saturated rings. The van der Waals surface area contributed by atoms with Crippen LogP contribution in [0.3, 0.4) is 0 Å². The number of carbonyl (C=O) groups is 1. The van der Waals surface area contributed by atoms with E-state index < -0.39 is 22.1 Å². The van der Waals surface area contributed by atoms with Crippen molar-refractivity contribution in [1.29, 1.82) is 0 Å². The predicted octanol–water partition coefficient (Wildman–Crippen LogP) is -0.664. The molecule has 94 valence electrons. The molecule has 0 aromatic heterocycles. The second kappa shape index (κ2) is 5.60. The highest BCUT2D eigenvalue weighted by molar-refractivity contribution is 7.89. The number of esters is 1. The molecule has 1 aliphatic heterocycles. The van der Waals surface area contributed by atoms with E-state index in [1.165, 1.54) is 11.4 Å². The van der Waals surface area contributed by atoms with Crippen LogP contribution in [-0.2, 0) is 19.6 Å². The highest BCUT2D eigenvalue weighted by Crippen LogP contribution is 2.14. The molecule has 0 aromatic carbocycles. The quantitative estimate of drug-likeness (QED) is 0.670. The van der Waals surface area contributed by atoms with E-state index in [1.54, 1.807) is 0 Å². The molecule has 0 bridgehead atoms. The van der Waals surface area contributed by atoms with E-state index >= 15 is 0 Å². The van der Waals surface area contributed by atoms with Gasteiger partial charge in [-0.2, -0.15) is 4.31 Å². The number of piperidine rings is 1. The molecule has 0 saturated carbocycles. The Bertz CT molecular complexity index is 340. The summed E-state index contributed by atoms with van der Waals surface area (Å²) in [6.07, 6.45) is 0.536. The standard InChI is InChI=1S/C9H17NO5S/c1-15-9(12)4-6-16(13,14)10-5-2-3-8(11)7-10/h8,11H,2-7H2,1H3. The molecule has 1 N–H and O–H groups in total. The zero-order chi connectivity index (χ0) is 12.2. The number of β-amino-alcohol motifs (C(OH)–C–C–N with tert-alkyl or cyclic N) is 1. The number of hydrogen-bond donors (Lipinski definition) is 1. The fraction of sp³-hybridized carbons (Fsp3) is 0.889. The van der Waals surface area contributed by atoms with E-state index in [1.807, 2.05) is 0 Å². The number of ether oxygens (including phenoxy) is 1. The topological polar surface area (TPSA) is 83.9 Å². The number of rotatable bonds is 4. The summed E-state index contributed by atoms with van der Waals surface area (Å²) in [6, 6.07) is 0. The van der Waals surface area contributed by atoms with E-state index in [2.05, 4.69) is 4.74 Å². The summed E-state index contributed by atoms with van der Waals surface area (Å²) in [5, 5.41) is 9.37. The lowest BCUT2D eigenvalue weighted by atomic mass is 10.1. The number of methoxy groups -OCH3 is 1. The lowest BCUT2D eigenvalue weighted by Crippen LogP contribution is -2.43. The zero-order valence-electron chi connectivity index (χ0n) is 9.26. The zero-order valence-corrected chi connectivity index (χ0v) is 10.1. The molecule has 0 radical (unpaired) electrons. The Hall–Kier alpha value is -0.660. The molecule has 0 spiro atoms. The third kappa shape index (κ3) is 3.73. The van der Waals surface area contributed by atoms with E-state index in [0.717, 1.165) is 0 Å². The fourth-order valence-corrected chi connectivity index (χ4v) is 3.11. The number of aliphatic hydroxyl groups is 1. The maximum atomic E-state index is 11.8. The maximum Gasteiger partial charge on any atom is 0.306 e. The van der Waals surface area contributed by atoms with E-state index in [0.29, 0.717) is 19.4 Å². The van der Waals surface area contributed by atoms with Crippen molar-refractivity contribution in [3.63, 3.8) is 0 Å². The van der Waals surface area contributed by atoms with E-state index in [4.69, 9.17) is 0 Å². The molecule has 0 amide bonds. The average molecular weight is 251 g/mol. The van der Waals surface area contributed by atoms with Crippen LogP contribution in [-0.4, -0.2) is 55.9 Å². The summed E-state index contributed by atoms with van der Waals surface area (Å²) in [7, 11) is -2.23. The van der Waals surface area contributed by atoms with E-state index in [9.17, 15) is 18.3 Å². The van der Waals surface area contributed by atoms with Gasteiger partial charge in [0.05, 0.1) is 25.4 Å². The van der Waals surface area contributed by atoms with Crippen LogP contribution in [0.25, 0.3) is 0 Å². The predicted molar refractivity (Wildman–Crippen MR) is 57.2 cm³/mol. The smallest absolute Gasteiger partial charge is 0.306 e. The molecule has 1 unspecified atom stereocenters. The van der Waals surface area contributed by atoms with Crippen LogP contribution < -0.4 is 0 Å². The van der Waals surface area contributed by atoms with Gasteiger partial charge in [-0.1, -0.05) is 0 Å². The van der Waals surface area contributed by atoms with Crippen LogP contribution in [0, 0.1) is 0 Å². The van der Waals surface area contributed by atoms with Crippen LogP contribution in [0.2, 0.25) is 0 Å². The van der Waals surface area contributed by atoms with Gasteiger partial charge in [-0.3, -0.25) is 4.79 Å². The van der Waals surface area contributed by atoms with Gasteiger partial charge in [0, 0.05) is 13.1 Å². The minimum atomic E-state index is -3.45. The lowest BCUT2D eigenvalue weighted by Gasteiger charge is -2.29. The summed E-state index contributed by atoms with van der Waals surface area (Å²) in [4.78, 5) is 10.9. The maximum absolute atomic E-state index is 11.8. The lowest BCUT2D eigenvalue weighted by molar-refractivity contribution is -0.140. The van der Waals surface area contributed by atoms with Gasteiger partial charge >= 0.3 is 5.97 Å². The van der Waals surface area contributed by atoms with Crippen molar-refractivity contribution in [2.45, 2.75) is 25.4 Å². The molecule has 1 rings (SSSR count). The van der Waals surface area contributed by atoms with Crippen molar-refractivity contribution >= 4 is 16.0 Å². The van der Waals surface area contributed by atoms with Gasteiger partial charge in [0.25, 0.3) is 0 Å². The summed E-state index contributed by atoms with van der Waals surface area (Å²) >= 11 is 0.